The molecule has 7 nitrogen and oxygen atoms in total. The minimum atomic E-state index is -0.994. The van der Waals surface area contributed by atoms with Gasteiger partial charge in [0.2, 0.25) is 5.91 Å². The summed E-state index contributed by atoms with van der Waals surface area (Å²) in [5, 5.41) is 13.3. The van der Waals surface area contributed by atoms with Crippen LogP contribution in [-0.4, -0.2) is 49.9 Å². The number of carbonyl (C=O) groups is 2. The van der Waals surface area contributed by atoms with E-state index in [2.05, 4.69) is 5.10 Å². The zero-order valence-corrected chi connectivity index (χ0v) is 18.4. The number of carbonyl (C=O) groups excluding carboxylic acids is 2. The number of hydrogen-bond acceptors (Lipinski definition) is 6. The predicted molar refractivity (Wildman–Crippen MR) is 116 cm³/mol. The number of amides is 1. The normalized spacial score (nSPS) is 15.6. The lowest BCUT2D eigenvalue weighted by Crippen LogP contribution is -2.44. The largest absolute Gasteiger partial charge is 0.334 e. The molecule has 0 spiro atoms. The SMILES string of the molecule is CSc1c(C#N)ccc(N2C(=O)C(C)(C)N(CCCC(=O)n3cccn3)C2=S)c1F. The first-order valence-electron chi connectivity index (χ1n) is 9.19. The molecule has 0 radical (unpaired) electrons. The van der Waals surface area contributed by atoms with E-state index in [0.717, 1.165) is 11.8 Å². The van der Waals surface area contributed by atoms with E-state index < -0.39 is 11.4 Å². The highest BCUT2D eigenvalue weighted by molar-refractivity contribution is 7.98. The van der Waals surface area contributed by atoms with Gasteiger partial charge in [0.15, 0.2) is 10.9 Å². The molecule has 30 heavy (non-hydrogen) atoms. The summed E-state index contributed by atoms with van der Waals surface area (Å²) >= 11 is 6.62. The molecule has 2 heterocycles. The minimum absolute atomic E-state index is 0.0246. The molecule has 0 unspecified atom stereocenters. The van der Waals surface area contributed by atoms with Crippen molar-refractivity contribution in [2.24, 2.45) is 0 Å². The number of halogens is 1. The van der Waals surface area contributed by atoms with Crippen molar-refractivity contribution in [2.45, 2.75) is 37.1 Å². The van der Waals surface area contributed by atoms with E-state index in [1.807, 2.05) is 6.07 Å². The molecule has 0 N–H and O–H groups in total. The fourth-order valence-electron chi connectivity index (χ4n) is 3.35. The molecule has 10 heteroatoms. The Kier molecular flexibility index (Phi) is 6.24. The molecule has 1 fully saturated rings. The molecule has 1 amide bonds. The molecule has 1 aliphatic heterocycles. The monoisotopic (exact) mass is 445 g/mol. The highest BCUT2D eigenvalue weighted by Crippen LogP contribution is 2.37. The Morgan fingerprint density at radius 2 is 2.13 bits per heavy atom. The second-order valence-corrected chi connectivity index (χ2v) is 8.35. The van der Waals surface area contributed by atoms with Gasteiger partial charge in [0.25, 0.3) is 5.91 Å². The van der Waals surface area contributed by atoms with E-state index in [4.69, 9.17) is 12.2 Å². The van der Waals surface area contributed by atoms with Crippen LogP contribution in [0.4, 0.5) is 10.1 Å². The maximum atomic E-state index is 15.1. The molecule has 3 rings (SSSR count). The van der Waals surface area contributed by atoms with Crippen LogP contribution in [0, 0.1) is 17.1 Å². The average Bonchev–Trinajstić information content (AvgIpc) is 3.31. The number of thiocarbonyl (C=S) groups is 1. The summed E-state index contributed by atoms with van der Waals surface area (Å²) in [6.45, 7) is 3.79. The summed E-state index contributed by atoms with van der Waals surface area (Å²) in [4.78, 5) is 28.3. The van der Waals surface area contributed by atoms with Crippen molar-refractivity contribution in [3.05, 3.63) is 42.0 Å². The Morgan fingerprint density at radius 1 is 1.40 bits per heavy atom. The molecule has 0 bridgehead atoms. The van der Waals surface area contributed by atoms with Gasteiger partial charge in [-0.15, -0.1) is 11.8 Å². The lowest BCUT2D eigenvalue weighted by atomic mass is 10.0. The van der Waals surface area contributed by atoms with Crippen molar-refractivity contribution in [3.8, 4) is 6.07 Å². The van der Waals surface area contributed by atoms with Crippen LogP contribution >= 0.6 is 24.0 Å². The number of nitrogens with zero attached hydrogens (tertiary/aromatic N) is 5. The van der Waals surface area contributed by atoms with Gasteiger partial charge in [-0.2, -0.15) is 10.4 Å². The fraction of sp³-hybridized carbons (Fsp3) is 0.350. The number of aromatic nitrogens is 2. The number of thioether (sulfide) groups is 1. The molecular formula is C20H20FN5O2S2. The maximum absolute atomic E-state index is 15.1. The van der Waals surface area contributed by atoms with Gasteiger partial charge in [-0.05, 0) is 56.9 Å². The van der Waals surface area contributed by atoms with Crippen LogP contribution in [0.1, 0.15) is 37.0 Å². The van der Waals surface area contributed by atoms with Crippen LogP contribution < -0.4 is 4.90 Å². The number of hydrogen-bond donors (Lipinski definition) is 0. The molecule has 1 aromatic heterocycles. The second-order valence-electron chi connectivity index (χ2n) is 7.17. The van der Waals surface area contributed by atoms with Crippen LogP contribution in [0.3, 0.4) is 0 Å². The van der Waals surface area contributed by atoms with Crippen molar-refractivity contribution in [1.82, 2.24) is 14.7 Å². The van der Waals surface area contributed by atoms with Crippen molar-refractivity contribution in [2.75, 3.05) is 17.7 Å². The summed E-state index contributed by atoms with van der Waals surface area (Å²) in [5.74, 6) is -1.17. The Labute approximate surface area is 183 Å². The molecule has 1 aromatic carbocycles. The van der Waals surface area contributed by atoms with Crippen LogP contribution in [0.5, 0.6) is 0 Å². The molecule has 2 aromatic rings. The smallest absolute Gasteiger partial charge is 0.258 e. The summed E-state index contributed by atoms with van der Waals surface area (Å²) < 4.78 is 16.4. The van der Waals surface area contributed by atoms with Crippen LogP contribution in [0.15, 0.2) is 35.5 Å². The molecule has 0 aliphatic carbocycles. The van der Waals surface area contributed by atoms with Gasteiger partial charge in [0, 0.05) is 25.4 Å². The molecule has 0 saturated carbocycles. The van der Waals surface area contributed by atoms with E-state index in [1.54, 1.807) is 37.3 Å². The first kappa shape index (κ1) is 21.9. The Balaban J connectivity index is 1.82. The summed E-state index contributed by atoms with van der Waals surface area (Å²) in [7, 11) is 0. The van der Waals surface area contributed by atoms with E-state index in [0.29, 0.717) is 13.0 Å². The zero-order chi connectivity index (χ0) is 22.1. The first-order valence-corrected chi connectivity index (χ1v) is 10.8. The van der Waals surface area contributed by atoms with Crippen molar-refractivity contribution in [3.63, 3.8) is 0 Å². The van der Waals surface area contributed by atoms with Crippen molar-refractivity contribution < 1.29 is 14.0 Å². The number of rotatable bonds is 6. The van der Waals surface area contributed by atoms with Gasteiger partial charge >= 0.3 is 0 Å². The summed E-state index contributed by atoms with van der Waals surface area (Å²) in [6, 6.07) is 6.51. The number of benzene rings is 1. The van der Waals surface area contributed by atoms with Gasteiger partial charge in [0.1, 0.15) is 11.6 Å². The van der Waals surface area contributed by atoms with Gasteiger partial charge < -0.3 is 4.90 Å². The van der Waals surface area contributed by atoms with Gasteiger partial charge in [-0.25, -0.2) is 9.07 Å². The maximum Gasteiger partial charge on any atom is 0.258 e. The summed E-state index contributed by atoms with van der Waals surface area (Å²) in [5.41, 5.74) is -0.766. The van der Waals surface area contributed by atoms with Crippen LogP contribution in [0.25, 0.3) is 0 Å². The van der Waals surface area contributed by atoms with Crippen molar-refractivity contribution in [1.29, 1.82) is 5.26 Å². The highest BCUT2D eigenvalue weighted by atomic mass is 32.2. The third-order valence-electron chi connectivity index (χ3n) is 5.00. The highest BCUT2D eigenvalue weighted by Gasteiger charge is 2.50. The molecule has 0 atom stereocenters. The third kappa shape index (κ3) is 3.70. The van der Waals surface area contributed by atoms with Crippen LogP contribution in [0.2, 0.25) is 0 Å². The predicted octanol–water partition coefficient (Wildman–Crippen LogP) is 3.45. The first-order chi connectivity index (χ1) is 14.2. The van der Waals surface area contributed by atoms with Crippen LogP contribution in [-0.2, 0) is 4.79 Å². The quantitative estimate of drug-likeness (QED) is 0.497. The van der Waals surface area contributed by atoms with E-state index >= 15 is 4.39 Å². The second kappa shape index (κ2) is 8.53. The Bertz CT molecular complexity index is 1050. The minimum Gasteiger partial charge on any atom is -0.334 e. The summed E-state index contributed by atoms with van der Waals surface area (Å²) in [6.07, 6.45) is 5.46. The lowest BCUT2D eigenvalue weighted by molar-refractivity contribution is -0.123. The standard InChI is InChI=1S/C20H20FN5O2S2/c1-20(2)18(28)26(14-8-7-13(12-22)17(30-3)16(14)21)19(29)24(20)10-4-6-15(27)25-11-5-9-23-25/h5,7-9,11H,4,6,10H2,1-3H3. The number of nitriles is 1. The molecule has 1 saturated heterocycles. The topological polar surface area (TPSA) is 82.2 Å². The third-order valence-corrected chi connectivity index (χ3v) is 6.21. The van der Waals surface area contributed by atoms with Gasteiger partial charge in [0.05, 0.1) is 16.1 Å². The van der Waals surface area contributed by atoms with Gasteiger partial charge in [-0.1, -0.05) is 0 Å². The van der Waals surface area contributed by atoms with E-state index in [-0.39, 0.29) is 39.5 Å². The Hall–Kier alpha value is -2.77. The Morgan fingerprint density at radius 3 is 2.73 bits per heavy atom. The molecule has 1 aliphatic rings. The lowest BCUT2D eigenvalue weighted by Gasteiger charge is -2.29. The average molecular weight is 446 g/mol. The molecule has 156 valence electrons. The van der Waals surface area contributed by atoms with E-state index in [9.17, 15) is 14.9 Å². The zero-order valence-electron chi connectivity index (χ0n) is 16.8. The molecular weight excluding hydrogens is 425 g/mol. The number of anilines is 1. The van der Waals surface area contributed by atoms with Crippen molar-refractivity contribution >= 4 is 46.6 Å². The van der Waals surface area contributed by atoms with Gasteiger partial charge in [-0.3, -0.25) is 14.5 Å². The van der Waals surface area contributed by atoms with E-state index in [1.165, 1.54) is 27.9 Å². The fourth-order valence-corrected chi connectivity index (χ4v) is 4.47.